The highest BCUT2D eigenvalue weighted by molar-refractivity contribution is 5.87. The number of carboxylic acid groups (broad SMARTS) is 2. The molecule has 0 spiro atoms. The van der Waals surface area contributed by atoms with E-state index in [-0.39, 0.29) is 23.7 Å². The Morgan fingerprint density at radius 1 is 1.23 bits per heavy atom. The van der Waals surface area contributed by atoms with Gasteiger partial charge in [-0.1, -0.05) is 31.2 Å². The number of hydrogen-bond acceptors (Lipinski definition) is 4. The van der Waals surface area contributed by atoms with E-state index in [1.807, 2.05) is 13.8 Å². The number of carboxylic acids is 2. The molecule has 0 bridgehead atoms. The molecule has 0 atom stereocenters. The Kier molecular flexibility index (Phi) is 4.55. The van der Waals surface area contributed by atoms with Gasteiger partial charge in [-0.05, 0) is 30.0 Å². The van der Waals surface area contributed by atoms with E-state index in [2.05, 4.69) is 10.3 Å². The van der Waals surface area contributed by atoms with Crippen molar-refractivity contribution in [1.29, 1.82) is 0 Å². The van der Waals surface area contributed by atoms with Crippen LogP contribution in [-0.2, 0) is 13.0 Å². The van der Waals surface area contributed by atoms with E-state index in [9.17, 15) is 14.7 Å². The van der Waals surface area contributed by atoms with Crippen LogP contribution in [0.25, 0.3) is 0 Å². The third-order valence-corrected chi connectivity index (χ3v) is 3.15. The van der Waals surface area contributed by atoms with Gasteiger partial charge in [-0.2, -0.15) is 0 Å². The summed E-state index contributed by atoms with van der Waals surface area (Å²) in [5.41, 5.74) is 1.40. The first-order chi connectivity index (χ1) is 10.4. The Bertz CT molecular complexity index is 707. The summed E-state index contributed by atoms with van der Waals surface area (Å²) < 4.78 is 1.52. The quantitative estimate of drug-likeness (QED) is 0.844. The molecule has 0 radical (unpaired) electrons. The minimum absolute atomic E-state index is 0.0527. The van der Waals surface area contributed by atoms with Crippen molar-refractivity contribution >= 4 is 11.9 Å². The summed E-state index contributed by atoms with van der Waals surface area (Å²) in [6.45, 7) is 4.24. The number of rotatable bonds is 6. The maximum absolute atomic E-state index is 11.2. The summed E-state index contributed by atoms with van der Waals surface area (Å²) in [7, 11) is 0. The molecule has 0 saturated heterocycles. The molecule has 2 N–H and O–H groups in total. The molecule has 1 aromatic carbocycles. The van der Waals surface area contributed by atoms with Crippen LogP contribution >= 0.6 is 0 Å². The third-order valence-electron chi connectivity index (χ3n) is 3.15. The van der Waals surface area contributed by atoms with Crippen molar-refractivity contribution in [3.8, 4) is 0 Å². The standard InChI is InChI=1S/C15H17N3O4/c1-9(2)6-12-13(15(21)22)16-17-18(12)8-10-4-3-5-11(7-10)14(19)20/h3-5,7,9H,6,8H2,1-2H3,(H,19,20)(H,21,22). The summed E-state index contributed by atoms with van der Waals surface area (Å²) in [5, 5.41) is 25.8. The maximum atomic E-state index is 11.2. The molecule has 0 aliphatic rings. The Labute approximate surface area is 127 Å². The van der Waals surface area contributed by atoms with Crippen molar-refractivity contribution in [3.63, 3.8) is 0 Å². The first-order valence-electron chi connectivity index (χ1n) is 6.86. The number of benzene rings is 1. The van der Waals surface area contributed by atoms with Crippen molar-refractivity contribution in [2.75, 3.05) is 0 Å². The number of carbonyl (C=O) groups is 2. The lowest BCUT2D eigenvalue weighted by atomic mass is 10.1. The molecule has 1 aromatic heterocycles. The molecule has 7 nitrogen and oxygen atoms in total. The van der Waals surface area contributed by atoms with Gasteiger partial charge in [0, 0.05) is 0 Å². The van der Waals surface area contributed by atoms with Gasteiger partial charge in [-0.15, -0.1) is 5.10 Å². The molecule has 116 valence electrons. The Morgan fingerprint density at radius 3 is 2.55 bits per heavy atom. The summed E-state index contributed by atoms with van der Waals surface area (Å²) in [5.74, 6) is -1.86. The van der Waals surface area contributed by atoms with Gasteiger partial charge >= 0.3 is 11.9 Å². The SMILES string of the molecule is CC(C)Cc1c(C(=O)O)nnn1Cc1cccc(C(=O)O)c1. The lowest BCUT2D eigenvalue weighted by molar-refractivity contribution is 0.0681. The first kappa shape index (κ1) is 15.7. The lowest BCUT2D eigenvalue weighted by Crippen LogP contribution is -2.12. The highest BCUT2D eigenvalue weighted by Crippen LogP contribution is 2.15. The van der Waals surface area contributed by atoms with Crippen molar-refractivity contribution in [2.45, 2.75) is 26.8 Å². The van der Waals surface area contributed by atoms with Crippen molar-refractivity contribution in [1.82, 2.24) is 15.0 Å². The molecule has 0 aliphatic carbocycles. The maximum Gasteiger partial charge on any atom is 0.358 e. The average Bonchev–Trinajstić information content (AvgIpc) is 2.81. The fraction of sp³-hybridized carbons (Fsp3) is 0.333. The number of aromatic nitrogens is 3. The van der Waals surface area contributed by atoms with Crippen LogP contribution in [0.15, 0.2) is 24.3 Å². The Morgan fingerprint density at radius 2 is 1.95 bits per heavy atom. The predicted octanol–water partition coefficient (Wildman–Crippen LogP) is 1.92. The fourth-order valence-corrected chi connectivity index (χ4v) is 2.19. The van der Waals surface area contributed by atoms with Gasteiger partial charge in [0.05, 0.1) is 17.8 Å². The van der Waals surface area contributed by atoms with E-state index in [1.54, 1.807) is 18.2 Å². The van der Waals surface area contributed by atoms with E-state index in [0.717, 1.165) is 5.56 Å². The molecular weight excluding hydrogens is 286 g/mol. The van der Waals surface area contributed by atoms with Crippen LogP contribution in [0.3, 0.4) is 0 Å². The molecule has 0 amide bonds. The highest BCUT2D eigenvalue weighted by Gasteiger charge is 2.20. The second kappa shape index (κ2) is 6.38. The smallest absolute Gasteiger partial charge is 0.358 e. The second-order valence-electron chi connectivity index (χ2n) is 5.45. The van der Waals surface area contributed by atoms with E-state index < -0.39 is 11.9 Å². The molecule has 0 saturated carbocycles. The average molecular weight is 303 g/mol. The van der Waals surface area contributed by atoms with Gasteiger partial charge in [-0.25, -0.2) is 14.3 Å². The normalized spacial score (nSPS) is 10.9. The fourth-order valence-electron chi connectivity index (χ4n) is 2.19. The van der Waals surface area contributed by atoms with Crippen LogP contribution in [0.1, 0.15) is 46.0 Å². The summed E-state index contributed by atoms with van der Waals surface area (Å²) in [4.78, 5) is 22.2. The predicted molar refractivity (Wildman–Crippen MR) is 78.0 cm³/mol. The largest absolute Gasteiger partial charge is 0.478 e. The van der Waals surface area contributed by atoms with Gasteiger partial charge in [-0.3, -0.25) is 0 Å². The monoisotopic (exact) mass is 303 g/mol. The van der Waals surface area contributed by atoms with Crippen LogP contribution in [0.5, 0.6) is 0 Å². The van der Waals surface area contributed by atoms with Gasteiger partial charge in [0.25, 0.3) is 0 Å². The second-order valence-corrected chi connectivity index (χ2v) is 5.45. The van der Waals surface area contributed by atoms with E-state index in [4.69, 9.17) is 5.11 Å². The summed E-state index contributed by atoms with van der Waals surface area (Å²) in [6.07, 6.45) is 0.535. The first-order valence-corrected chi connectivity index (χ1v) is 6.86. The molecule has 0 aliphatic heterocycles. The van der Waals surface area contributed by atoms with E-state index >= 15 is 0 Å². The Balaban J connectivity index is 2.35. The van der Waals surface area contributed by atoms with Gasteiger partial charge in [0.15, 0.2) is 5.69 Å². The molecule has 2 aromatic rings. The number of aromatic carboxylic acids is 2. The topological polar surface area (TPSA) is 105 Å². The third kappa shape index (κ3) is 3.49. The number of hydrogen-bond donors (Lipinski definition) is 2. The van der Waals surface area contributed by atoms with Crippen LogP contribution in [0.2, 0.25) is 0 Å². The minimum Gasteiger partial charge on any atom is -0.478 e. The van der Waals surface area contributed by atoms with Crippen LogP contribution in [0, 0.1) is 5.92 Å². The van der Waals surface area contributed by atoms with Crippen molar-refractivity contribution in [2.24, 2.45) is 5.92 Å². The van der Waals surface area contributed by atoms with Crippen LogP contribution in [0.4, 0.5) is 0 Å². The zero-order valence-electron chi connectivity index (χ0n) is 12.4. The molecular formula is C15H17N3O4. The molecule has 22 heavy (non-hydrogen) atoms. The van der Waals surface area contributed by atoms with Crippen LogP contribution in [-0.4, -0.2) is 37.1 Å². The number of nitrogens with zero attached hydrogens (tertiary/aromatic N) is 3. The minimum atomic E-state index is -1.11. The van der Waals surface area contributed by atoms with Gasteiger partial charge in [0.2, 0.25) is 0 Å². The zero-order chi connectivity index (χ0) is 16.3. The molecule has 1 heterocycles. The molecule has 7 heteroatoms. The van der Waals surface area contributed by atoms with Crippen molar-refractivity contribution < 1.29 is 19.8 Å². The molecule has 0 unspecified atom stereocenters. The highest BCUT2D eigenvalue weighted by atomic mass is 16.4. The summed E-state index contributed by atoms with van der Waals surface area (Å²) in [6, 6.07) is 6.47. The van der Waals surface area contributed by atoms with Crippen LogP contribution < -0.4 is 0 Å². The zero-order valence-corrected chi connectivity index (χ0v) is 12.4. The van der Waals surface area contributed by atoms with Gasteiger partial charge < -0.3 is 10.2 Å². The lowest BCUT2D eigenvalue weighted by Gasteiger charge is -2.09. The van der Waals surface area contributed by atoms with E-state index in [1.165, 1.54) is 10.7 Å². The van der Waals surface area contributed by atoms with Gasteiger partial charge in [0.1, 0.15) is 0 Å². The van der Waals surface area contributed by atoms with E-state index in [0.29, 0.717) is 12.1 Å². The Hall–Kier alpha value is -2.70. The molecule has 2 rings (SSSR count). The molecule has 0 fully saturated rings. The van der Waals surface area contributed by atoms with Crippen molar-refractivity contribution in [3.05, 3.63) is 46.8 Å². The summed E-state index contributed by atoms with van der Waals surface area (Å²) >= 11 is 0.